The van der Waals surface area contributed by atoms with Crippen LogP contribution in [-0.4, -0.2) is 43.2 Å². The maximum absolute atomic E-state index is 11.8. The minimum Gasteiger partial charge on any atom is -0.378 e. The van der Waals surface area contributed by atoms with Gasteiger partial charge in [0.2, 0.25) is 5.91 Å². The molecule has 1 unspecified atom stereocenters. The second-order valence-corrected chi connectivity index (χ2v) is 5.25. The Kier molecular flexibility index (Phi) is 7.05. The number of carbonyl (C=O) groups excluding carboxylic acids is 1. The molecule has 0 aromatic rings. The molecule has 0 aromatic carbocycles. The molecule has 2 N–H and O–H groups in total. The van der Waals surface area contributed by atoms with Gasteiger partial charge in [-0.2, -0.15) is 0 Å². The third-order valence-electron chi connectivity index (χ3n) is 3.17. The molecule has 1 aliphatic heterocycles. The second kappa shape index (κ2) is 7.19. The van der Waals surface area contributed by atoms with Crippen LogP contribution in [-0.2, 0) is 9.53 Å². The van der Waals surface area contributed by atoms with E-state index in [0.717, 1.165) is 19.5 Å². The topological polar surface area (TPSA) is 55.6 Å². The quantitative estimate of drug-likeness (QED) is 0.817. The van der Waals surface area contributed by atoms with Gasteiger partial charge in [0.25, 0.3) is 0 Å². The van der Waals surface area contributed by atoms with E-state index in [1.165, 1.54) is 0 Å². The van der Waals surface area contributed by atoms with Crippen LogP contribution in [0.2, 0.25) is 0 Å². The van der Waals surface area contributed by atoms with Crippen molar-refractivity contribution in [3.05, 3.63) is 0 Å². The average molecular weight is 265 g/mol. The summed E-state index contributed by atoms with van der Waals surface area (Å²) >= 11 is 0. The largest absolute Gasteiger partial charge is 0.378 e. The van der Waals surface area contributed by atoms with Crippen LogP contribution in [0.5, 0.6) is 0 Å². The first-order chi connectivity index (χ1) is 7.47. The van der Waals surface area contributed by atoms with Crippen LogP contribution in [0, 0.1) is 5.41 Å². The molecule has 1 atom stereocenters. The standard InChI is InChI=1S/C12H24N2O2.ClH/c1-10(2)16-7-4-11(15)14-6-5-12(3,8-13)9-14;/h10H,4-9,13H2,1-3H3;1H. The molecular weight excluding hydrogens is 240 g/mol. The van der Waals surface area contributed by atoms with Gasteiger partial charge in [-0.05, 0) is 32.2 Å². The van der Waals surface area contributed by atoms with Crippen molar-refractivity contribution in [1.29, 1.82) is 0 Å². The Bertz CT molecular complexity index is 249. The molecule has 1 amide bonds. The summed E-state index contributed by atoms with van der Waals surface area (Å²) in [7, 11) is 0. The predicted octanol–water partition coefficient (Wildman–Crippen LogP) is 1.42. The Labute approximate surface area is 110 Å². The minimum absolute atomic E-state index is 0. The molecule has 17 heavy (non-hydrogen) atoms. The van der Waals surface area contributed by atoms with Gasteiger partial charge >= 0.3 is 0 Å². The Morgan fingerprint density at radius 2 is 2.18 bits per heavy atom. The SMILES string of the molecule is CC(C)OCCC(=O)N1CCC(C)(CN)C1.Cl. The van der Waals surface area contributed by atoms with Gasteiger partial charge in [0, 0.05) is 13.1 Å². The molecule has 1 rings (SSSR count). The first kappa shape index (κ1) is 16.7. The highest BCUT2D eigenvalue weighted by molar-refractivity contribution is 5.85. The van der Waals surface area contributed by atoms with Gasteiger partial charge in [0.05, 0.1) is 19.1 Å². The molecule has 5 heteroatoms. The van der Waals surface area contributed by atoms with E-state index in [9.17, 15) is 4.79 Å². The summed E-state index contributed by atoms with van der Waals surface area (Å²) in [6.07, 6.45) is 1.69. The van der Waals surface area contributed by atoms with E-state index in [1.54, 1.807) is 0 Å². The Morgan fingerprint density at radius 1 is 1.53 bits per heavy atom. The third kappa shape index (κ3) is 5.23. The van der Waals surface area contributed by atoms with Crippen LogP contribution >= 0.6 is 12.4 Å². The van der Waals surface area contributed by atoms with Crippen molar-refractivity contribution in [2.45, 2.75) is 39.7 Å². The fourth-order valence-electron chi connectivity index (χ4n) is 1.94. The molecular formula is C12H25ClN2O2. The van der Waals surface area contributed by atoms with Gasteiger partial charge in [-0.1, -0.05) is 6.92 Å². The van der Waals surface area contributed by atoms with Crippen LogP contribution in [0.25, 0.3) is 0 Å². The lowest BCUT2D eigenvalue weighted by Gasteiger charge is -2.22. The Hall–Kier alpha value is -0.320. The number of carbonyl (C=O) groups is 1. The molecule has 102 valence electrons. The summed E-state index contributed by atoms with van der Waals surface area (Å²) < 4.78 is 5.38. The van der Waals surface area contributed by atoms with Crippen molar-refractivity contribution < 1.29 is 9.53 Å². The van der Waals surface area contributed by atoms with E-state index in [1.807, 2.05) is 18.7 Å². The summed E-state index contributed by atoms with van der Waals surface area (Å²) in [5.74, 6) is 0.192. The van der Waals surface area contributed by atoms with Crippen LogP contribution in [0.15, 0.2) is 0 Å². The highest BCUT2D eigenvalue weighted by Crippen LogP contribution is 2.28. The zero-order valence-corrected chi connectivity index (χ0v) is 11.9. The van der Waals surface area contributed by atoms with Crippen molar-refractivity contribution >= 4 is 18.3 Å². The van der Waals surface area contributed by atoms with Crippen LogP contribution in [0.1, 0.15) is 33.6 Å². The maximum Gasteiger partial charge on any atom is 0.224 e. The number of nitrogens with zero attached hydrogens (tertiary/aromatic N) is 1. The maximum atomic E-state index is 11.8. The van der Waals surface area contributed by atoms with Gasteiger partial charge in [0.1, 0.15) is 0 Å². The van der Waals surface area contributed by atoms with Gasteiger partial charge in [0.15, 0.2) is 0 Å². The molecule has 0 aliphatic carbocycles. The molecule has 0 spiro atoms. The monoisotopic (exact) mass is 264 g/mol. The van der Waals surface area contributed by atoms with Crippen LogP contribution < -0.4 is 5.73 Å². The Morgan fingerprint density at radius 3 is 2.65 bits per heavy atom. The van der Waals surface area contributed by atoms with Crippen molar-refractivity contribution in [1.82, 2.24) is 4.90 Å². The van der Waals surface area contributed by atoms with E-state index < -0.39 is 0 Å². The van der Waals surface area contributed by atoms with Crippen LogP contribution in [0.4, 0.5) is 0 Å². The minimum atomic E-state index is 0. The van der Waals surface area contributed by atoms with E-state index in [-0.39, 0.29) is 29.8 Å². The lowest BCUT2D eigenvalue weighted by Crippen LogP contribution is -2.34. The molecule has 0 aromatic heterocycles. The fraction of sp³-hybridized carbons (Fsp3) is 0.917. The van der Waals surface area contributed by atoms with Crippen molar-refractivity contribution in [3.8, 4) is 0 Å². The zero-order valence-electron chi connectivity index (χ0n) is 11.1. The Balaban J connectivity index is 0.00000256. The number of hydrogen-bond donors (Lipinski definition) is 1. The number of rotatable bonds is 5. The predicted molar refractivity (Wildman–Crippen MR) is 71.3 cm³/mol. The second-order valence-electron chi connectivity index (χ2n) is 5.25. The van der Waals surface area contributed by atoms with Gasteiger partial charge in [-0.3, -0.25) is 4.79 Å². The van der Waals surface area contributed by atoms with Crippen molar-refractivity contribution in [2.75, 3.05) is 26.2 Å². The molecule has 0 bridgehead atoms. The first-order valence-corrected chi connectivity index (χ1v) is 6.06. The molecule has 0 saturated carbocycles. The summed E-state index contributed by atoms with van der Waals surface area (Å²) in [5.41, 5.74) is 5.83. The highest BCUT2D eigenvalue weighted by atomic mass is 35.5. The highest BCUT2D eigenvalue weighted by Gasteiger charge is 2.34. The van der Waals surface area contributed by atoms with Crippen molar-refractivity contribution in [3.63, 3.8) is 0 Å². The van der Waals surface area contributed by atoms with E-state index in [0.29, 0.717) is 19.6 Å². The van der Waals surface area contributed by atoms with Gasteiger partial charge in [-0.15, -0.1) is 12.4 Å². The molecule has 0 radical (unpaired) electrons. The van der Waals surface area contributed by atoms with E-state index in [4.69, 9.17) is 10.5 Å². The summed E-state index contributed by atoms with van der Waals surface area (Å²) in [5, 5.41) is 0. The summed E-state index contributed by atoms with van der Waals surface area (Å²) in [6.45, 7) is 8.91. The number of nitrogens with two attached hydrogens (primary N) is 1. The number of halogens is 1. The van der Waals surface area contributed by atoms with Gasteiger partial charge in [-0.25, -0.2) is 0 Å². The molecule has 1 saturated heterocycles. The number of likely N-dealkylation sites (tertiary alicyclic amines) is 1. The lowest BCUT2D eigenvalue weighted by atomic mass is 9.90. The molecule has 4 nitrogen and oxygen atoms in total. The third-order valence-corrected chi connectivity index (χ3v) is 3.17. The number of hydrogen-bond acceptors (Lipinski definition) is 3. The number of ether oxygens (including phenoxy) is 1. The zero-order chi connectivity index (χ0) is 12.2. The fourth-order valence-corrected chi connectivity index (χ4v) is 1.94. The normalized spacial score (nSPS) is 23.9. The average Bonchev–Trinajstić information content (AvgIpc) is 2.61. The summed E-state index contributed by atoms with van der Waals surface area (Å²) in [6, 6.07) is 0. The molecule has 1 heterocycles. The van der Waals surface area contributed by atoms with Gasteiger partial charge < -0.3 is 15.4 Å². The molecule has 1 aliphatic rings. The van der Waals surface area contributed by atoms with Crippen LogP contribution in [0.3, 0.4) is 0 Å². The molecule has 1 fully saturated rings. The van der Waals surface area contributed by atoms with Crippen molar-refractivity contribution in [2.24, 2.45) is 11.1 Å². The number of amides is 1. The first-order valence-electron chi connectivity index (χ1n) is 6.06. The lowest BCUT2D eigenvalue weighted by molar-refractivity contribution is -0.131. The van der Waals surface area contributed by atoms with E-state index >= 15 is 0 Å². The summed E-state index contributed by atoms with van der Waals surface area (Å²) in [4.78, 5) is 13.7. The van der Waals surface area contributed by atoms with E-state index in [2.05, 4.69) is 6.92 Å². The smallest absolute Gasteiger partial charge is 0.224 e.